The lowest BCUT2D eigenvalue weighted by Crippen LogP contribution is -2.40. The Hall–Kier alpha value is -1.48. The van der Waals surface area contributed by atoms with E-state index in [4.69, 9.17) is 0 Å². The molecule has 3 rings (SSSR count). The second-order valence-corrected chi connectivity index (χ2v) is 8.34. The van der Waals surface area contributed by atoms with E-state index in [-0.39, 0.29) is 24.0 Å². The lowest BCUT2D eigenvalue weighted by Gasteiger charge is -2.18. The first-order chi connectivity index (χ1) is 12.6. The van der Waals surface area contributed by atoms with Crippen LogP contribution in [0.3, 0.4) is 0 Å². The Morgan fingerprint density at radius 2 is 1.93 bits per heavy atom. The molecular formula is C20H28IN5S. The van der Waals surface area contributed by atoms with Crippen molar-refractivity contribution in [3.05, 3.63) is 54.2 Å². The first-order valence-corrected chi connectivity index (χ1v) is 9.73. The fourth-order valence-electron chi connectivity index (χ4n) is 2.66. The van der Waals surface area contributed by atoms with Gasteiger partial charge >= 0.3 is 0 Å². The molecule has 0 atom stereocenters. The number of anilines is 1. The number of hydrogen-bond acceptors (Lipinski definition) is 4. The molecule has 0 saturated heterocycles. The van der Waals surface area contributed by atoms with Gasteiger partial charge in [0, 0.05) is 50.1 Å². The first kappa shape index (κ1) is 21.8. The van der Waals surface area contributed by atoms with Crippen LogP contribution in [0.15, 0.2) is 58.5 Å². The van der Waals surface area contributed by atoms with Gasteiger partial charge in [-0.05, 0) is 42.7 Å². The molecule has 2 aromatic rings. The predicted octanol–water partition coefficient (Wildman–Crippen LogP) is 3.76. The summed E-state index contributed by atoms with van der Waals surface area (Å²) in [5.41, 5.74) is 1.19. The average molecular weight is 497 g/mol. The third kappa shape index (κ3) is 6.57. The average Bonchev–Trinajstić information content (AvgIpc) is 3.42. The van der Waals surface area contributed by atoms with Gasteiger partial charge in [0.05, 0.1) is 0 Å². The van der Waals surface area contributed by atoms with Crippen LogP contribution < -0.4 is 15.5 Å². The Bertz CT molecular complexity index is 747. The minimum atomic E-state index is 0. The predicted molar refractivity (Wildman–Crippen MR) is 126 cm³/mol. The van der Waals surface area contributed by atoms with Crippen molar-refractivity contribution in [1.29, 1.82) is 0 Å². The molecule has 5 nitrogen and oxygen atoms in total. The molecule has 146 valence electrons. The number of guanidine groups is 1. The Morgan fingerprint density at radius 1 is 1.19 bits per heavy atom. The molecule has 1 aromatic carbocycles. The summed E-state index contributed by atoms with van der Waals surface area (Å²) in [6, 6.07) is 14.8. The van der Waals surface area contributed by atoms with Gasteiger partial charge in [-0.2, -0.15) is 0 Å². The van der Waals surface area contributed by atoms with E-state index < -0.39 is 0 Å². The van der Waals surface area contributed by atoms with Crippen molar-refractivity contribution in [3.8, 4) is 0 Å². The molecule has 0 spiro atoms. The highest BCUT2D eigenvalue weighted by Crippen LogP contribution is 2.51. The van der Waals surface area contributed by atoms with E-state index in [2.05, 4.69) is 57.0 Å². The maximum absolute atomic E-state index is 4.36. The summed E-state index contributed by atoms with van der Waals surface area (Å²) in [5.74, 6) is 1.80. The molecule has 7 heteroatoms. The number of nitrogens with one attached hydrogen (secondary N) is 2. The van der Waals surface area contributed by atoms with Gasteiger partial charge in [-0.1, -0.05) is 18.2 Å². The van der Waals surface area contributed by atoms with Crippen molar-refractivity contribution in [2.75, 3.05) is 32.6 Å². The number of aromatic nitrogens is 1. The van der Waals surface area contributed by atoms with E-state index in [0.29, 0.717) is 4.75 Å². The Labute approximate surface area is 183 Å². The molecule has 1 saturated carbocycles. The quantitative estimate of drug-likeness (QED) is 0.347. The summed E-state index contributed by atoms with van der Waals surface area (Å²) in [4.78, 5) is 12.1. The topological polar surface area (TPSA) is 52.6 Å². The highest BCUT2D eigenvalue weighted by Gasteiger charge is 2.43. The molecule has 27 heavy (non-hydrogen) atoms. The van der Waals surface area contributed by atoms with Crippen molar-refractivity contribution in [2.24, 2.45) is 4.99 Å². The van der Waals surface area contributed by atoms with E-state index >= 15 is 0 Å². The van der Waals surface area contributed by atoms with Crippen LogP contribution in [0.2, 0.25) is 0 Å². The molecule has 0 amide bonds. The van der Waals surface area contributed by atoms with Gasteiger partial charge in [-0.25, -0.2) is 4.98 Å². The number of nitrogens with zero attached hydrogens (tertiary/aromatic N) is 3. The highest BCUT2D eigenvalue weighted by atomic mass is 127. The van der Waals surface area contributed by atoms with Gasteiger partial charge in [-0.3, -0.25) is 4.99 Å². The van der Waals surface area contributed by atoms with Gasteiger partial charge in [0.25, 0.3) is 0 Å². The third-order valence-corrected chi connectivity index (χ3v) is 5.91. The lowest BCUT2D eigenvalue weighted by molar-refractivity contribution is 0.766. The zero-order valence-electron chi connectivity index (χ0n) is 16.1. The van der Waals surface area contributed by atoms with E-state index in [1.165, 1.54) is 23.3 Å². The number of thioether (sulfide) groups is 1. The van der Waals surface area contributed by atoms with Crippen LogP contribution >= 0.6 is 35.7 Å². The number of pyridine rings is 1. The van der Waals surface area contributed by atoms with Crippen molar-refractivity contribution in [2.45, 2.75) is 29.0 Å². The maximum Gasteiger partial charge on any atom is 0.191 e. The number of halogens is 1. The molecule has 0 aliphatic heterocycles. The summed E-state index contributed by atoms with van der Waals surface area (Å²) in [6.07, 6.45) is 4.33. The largest absolute Gasteiger partial charge is 0.363 e. The fraction of sp³-hybridized carbons (Fsp3) is 0.400. The number of benzene rings is 1. The Balaban J connectivity index is 0.00000261. The van der Waals surface area contributed by atoms with E-state index in [1.807, 2.05) is 50.1 Å². The standard InChI is InChI=1S/C20H27N5S.HI/c1-21-19(23-14-16-9-12-22-18(13-16)25(2)3)24-15-20(10-11-20)26-17-7-5-4-6-8-17;/h4-9,12-13H,10-11,14-15H2,1-3H3,(H2,21,23,24);1H. The molecule has 1 aliphatic carbocycles. The van der Waals surface area contributed by atoms with Gasteiger partial charge in [0.2, 0.25) is 0 Å². The smallest absolute Gasteiger partial charge is 0.191 e. The summed E-state index contributed by atoms with van der Waals surface area (Å²) in [6.45, 7) is 1.65. The molecular weight excluding hydrogens is 469 g/mol. The van der Waals surface area contributed by atoms with Gasteiger partial charge in [0.15, 0.2) is 5.96 Å². The van der Waals surface area contributed by atoms with Gasteiger partial charge < -0.3 is 15.5 Å². The van der Waals surface area contributed by atoms with Gasteiger partial charge in [-0.15, -0.1) is 35.7 Å². The zero-order chi connectivity index (χ0) is 18.4. The van der Waals surface area contributed by atoms with E-state index in [0.717, 1.165) is 24.9 Å². The zero-order valence-corrected chi connectivity index (χ0v) is 19.3. The summed E-state index contributed by atoms with van der Waals surface area (Å²) in [7, 11) is 5.82. The molecule has 1 heterocycles. The van der Waals surface area contributed by atoms with Crippen molar-refractivity contribution in [3.63, 3.8) is 0 Å². The number of rotatable bonds is 7. The second-order valence-electron chi connectivity index (χ2n) is 6.79. The van der Waals surface area contributed by atoms with Gasteiger partial charge in [0.1, 0.15) is 5.82 Å². The van der Waals surface area contributed by atoms with Crippen LogP contribution in [0.25, 0.3) is 0 Å². The molecule has 1 aromatic heterocycles. The van der Waals surface area contributed by atoms with Crippen LogP contribution in [-0.2, 0) is 6.54 Å². The van der Waals surface area contributed by atoms with Crippen molar-refractivity contribution < 1.29 is 0 Å². The molecule has 0 bridgehead atoms. The minimum absolute atomic E-state index is 0. The Kier molecular flexibility index (Phi) is 8.22. The molecule has 0 unspecified atom stereocenters. The SMILES string of the molecule is CN=C(NCc1ccnc(N(C)C)c1)NCC1(Sc2ccccc2)CC1.I. The summed E-state index contributed by atoms with van der Waals surface area (Å²) >= 11 is 1.97. The first-order valence-electron chi connectivity index (χ1n) is 8.91. The highest BCUT2D eigenvalue weighted by molar-refractivity contribution is 14.0. The maximum atomic E-state index is 4.36. The third-order valence-electron chi connectivity index (χ3n) is 4.41. The lowest BCUT2D eigenvalue weighted by atomic mass is 10.2. The monoisotopic (exact) mass is 497 g/mol. The van der Waals surface area contributed by atoms with E-state index in [1.54, 1.807) is 0 Å². The van der Waals surface area contributed by atoms with Crippen LogP contribution in [-0.4, -0.2) is 43.4 Å². The fourth-order valence-corrected chi connectivity index (χ4v) is 3.90. The van der Waals surface area contributed by atoms with Crippen LogP contribution in [0.1, 0.15) is 18.4 Å². The normalized spacial score (nSPS) is 14.9. The molecule has 0 radical (unpaired) electrons. The molecule has 2 N–H and O–H groups in total. The second kappa shape index (κ2) is 10.2. The van der Waals surface area contributed by atoms with Crippen molar-refractivity contribution in [1.82, 2.24) is 15.6 Å². The van der Waals surface area contributed by atoms with Crippen LogP contribution in [0.5, 0.6) is 0 Å². The summed E-state index contributed by atoms with van der Waals surface area (Å²) < 4.78 is 0.299. The Morgan fingerprint density at radius 3 is 2.56 bits per heavy atom. The minimum Gasteiger partial charge on any atom is -0.363 e. The summed E-state index contributed by atoms with van der Waals surface area (Å²) in [5, 5.41) is 6.89. The van der Waals surface area contributed by atoms with Crippen LogP contribution in [0, 0.1) is 0 Å². The van der Waals surface area contributed by atoms with Crippen molar-refractivity contribution >= 4 is 47.5 Å². The molecule has 1 aliphatic rings. The van der Waals surface area contributed by atoms with E-state index in [9.17, 15) is 0 Å². The molecule has 1 fully saturated rings. The number of aliphatic imine (C=N–C) groups is 1. The van der Waals surface area contributed by atoms with Crippen LogP contribution in [0.4, 0.5) is 5.82 Å². The number of hydrogen-bond donors (Lipinski definition) is 2.